The monoisotopic (exact) mass is 298 g/mol. The van der Waals surface area contributed by atoms with Crippen molar-refractivity contribution in [1.82, 2.24) is 9.97 Å². The highest BCUT2D eigenvalue weighted by atomic mass is 16.6. The van der Waals surface area contributed by atoms with E-state index in [1.165, 1.54) is 12.1 Å². The van der Waals surface area contributed by atoms with Crippen molar-refractivity contribution in [3.63, 3.8) is 0 Å². The molecule has 1 heterocycles. The third-order valence-electron chi connectivity index (χ3n) is 3.30. The van der Waals surface area contributed by atoms with Gasteiger partial charge in [-0.25, -0.2) is 4.98 Å². The normalized spacial score (nSPS) is 10.6. The highest BCUT2D eigenvalue weighted by molar-refractivity contribution is 5.79. The largest absolute Gasteiger partial charge is 0.497 e. The number of nitro benzene ring substituents is 1. The minimum Gasteiger partial charge on any atom is -0.497 e. The molecule has 0 fully saturated rings. The van der Waals surface area contributed by atoms with Crippen LogP contribution >= 0.6 is 0 Å². The van der Waals surface area contributed by atoms with Crippen molar-refractivity contribution in [1.29, 1.82) is 0 Å². The molecule has 3 rings (SSSR count). The van der Waals surface area contributed by atoms with Crippen molar-refractivity contribution in [2.45, 2.75) is 6.54 Å². The van der Waals surface area contributed by atoms with Crippen LogP contribution < -0.4 is 10.1 Å². The second-order valence-electron chi connectivity index (χ2n) is 4.75. The molecule has 2 aromatic carbocycles. The van der Waals surface area contributed by atoms with E-state index in [0.717, 1.165) is 11.3 Å². The van der Waals surface area contributed by atoms with Crippen LogP contribution in [0, 0.1) is 10.1 Å². The Morgan fingerprint density at radius 3 is 2.73 bits per heavy atom. The van der Waals surface area contributed by atoms with Crippen molar-refractivity contribution in [3.05, 3.63) is 58.1 Å². The van der Waals surface area contributed by atoms with Crippen LogP contribution in [-0.2, 0) is 6.54 Å². The summed E-state index contributed by atoms with van der Waals surface area (Å²) < 4.78 is 5.11. The number of anilines is 1. The van der Waals surface area contributed by atoms with Gasteiger partial charge in [0.1, 0.15) is 5.75 Å². The summed E-state index contributed by atoms with van der Waals surface area (Å²) in [6.45, 7) is 0.589. The molecule has 112 valence electrons. The molecule has 0 radical (unpaired) electrons. The van der Waals surface area contributed by atoms with Gasteiger partial charge < -0.3 is 15.0 Å². The zero-order valence-corrected chi connectivity index (χ0v) is 11.9. The Hall–Kier alpha value is -3.09. The molecule has 0 saturated carbocycles. The van der Waals surface area contributed by atoms with Gasteiger partial charge in [0, 0.05) is 18.7 Å². The van der Waals surface area contributed by atoms with E-state index in [-0.39, 0.29) is 5.69 Å². The zero-order chi connectivity index (χ0) is 15.5. The molecule has 22 heavy (non-hydrogen) atoms. The number of fused-ring (bicyclic) bond motifs is 1. The first-order valence-electron chi connectivity index (χ1n) is 6.66. The van der Waals surface area contributed by atoms with Crippen LogP contribution in [0.5, 0.6) is 5.75 Å². The van der Waals surface area contributed by atoms with Crippen molar-refractivity contribution in [3.8, 4) is 5.75 Å². The van der Waals surface area contributed by atoms with Gasteiger partial charge >= 0.3 is 0 Å². The van der Waals surface area contributed by atoms with E-state index in [4.69, 9.17) is 4.74 Å². The fourth-order valence-electron chi connectivity index (χ4n) is 2.12. The van der Waals surface area contributed by atoms with Gasteiger partial charge in [0.2, 0.25) is 5.95 Å². The molecule has 0 aliphatic rings. The molecule has 0 bridgehead atoms. The quantitative estimate of drug-likeness (QED) is 0.557. The molecular weight excluding hydrogens is 284 g/mol. The van der Waals surface area contributed by atoms with E-state index in [9.17, 15) is 10.1 Å². The van der Waals surface area contributed by atoms with Crippen LogP contribution in [-0.4, -0.2) is 22.0 Å². The van der Waals surface area contributed by atoms with E-state index < -0.39 is 4.92 Å². The summed E-state index contributed by atoms with van der Waals surface area (Å²) in [7, 11) is 1.63. The molecule has 1 aromatic heterocycles. The van der Waals surface area contributed by atoms with E-state index >= 15 is 0 Å². The summed E-state index contributed by atoms with van der Waals surface area (Å²) >= 11 is 0. The lowest BCUT2D eigenvalue weighted by atomic mass is 10.2. The lowest BCUT2D eigenvalue weighted by Crippen LogP contribution is -2.00. The number of hydrogen-bond acceptors (Lipinski definition) is 5. The molecule has 7 nitrogen and oxygen atoms in total. The van der Waals surface area contributed by atoms with Crippen LogP contribution in [0.25, 0.3) is 11.0 Å². The molecule has 3 aromatic rings. The lowest BCUT2D eigenvalue weighted by molar-refractivity contribution is -0.384. The van der Waals surface area contributed by atoms with Gasteiger partial charge in [-0.1, -0.05) is 12.1 Å². The molecule has 0 spiro atoms. The fourth-order valence-corrected chi connectivity index (χ4v) is 2.12. The van der Waals surface area contributed by atoms with Gasteiger partial charge in [-0.15, -0.1) is 0 Å². The number of hydrogen-bond donors (Lipinski definition) is 2. The number of imidazole rings is 1. The molecule has 2 N–H and O–H groups in total. The first kappa shape index (κ1) is 13.9. The van der Waals surface area contributed by atoms with Crippen molar-refractivity contribution in [2.24, 2.45) is 0 Å². The number of non-ortho nitro benzene ring substituents is 1. The standard InChI is InChI=1S/C15H14N4O3/c1-22-12-5-2-10(3-6-12)9-16-15-17-13-7-4-11(19(20)21)8-14(13)18-15/h2-8H,9H2,1H3,(H2,16,17,18). The Morgan fingerprint density at radius 2 is 2.05 bits per heavy atom. The van der Waals surface area contributed by atoms with Gasteiger partial charge in [-0.3, -0.25) is 10.1 Å². The summed E-state index contributed by atoms with van der Waals surface area (Å²) in [5, 5.41) is 13.9. The van der Waals surface area contributed by atoms with Crippen LogP contribution in [0.3, 0.4) is 0 Å². The van der Waals surface area contributed by atoms with Crippen LogP contribution in [0.15, 0.2) is 42.5 Å². The molecule has 7 heteroatoms. The van der Waals surface area contributed by atoms with Crippen LogP contribution in [0.2, 0.25) is 0 Å². The van der Waals surface area contributed by atoms with E-state index in [0.29, 0.717) is 23.5 Å². The Labute approximate surface area is 126 Å². The third-order valence-corrected chi connectivity index (χ3v) is 3.30. The third kappa shape index (κ3) is 2.83. The maximum atomic E-state index is 10.8. The predicted octanol–water partition coefficient (Wildman–Crippen LogP) is 3.09. The zero-order valence-electron chi connectivity index (χ0n) is 11.9. The summed E-state index contributed by atoms with van der Waals surface area (Å²) in [6, 6.07) is 12.2. The summed E-state index contributed by atoms with van der Waals surface area (Å²) in [4.78, 5) is 17.7. The highest BCUT2D eigenvalue weighted by Gasteiger charge is 2.09. The van der Waals surface area contributed by atoms with Crippen molar-refractivity contribution in [2.75, 3.05) is 12.4 Å². The summed E-state index contributed by atoms with van der Waals surface area (Å²) in [6.07, 6.45) is 0. The van der Waals surface area contributed by atoms with Gasteiger partial charge in [-0.05, 0) is 23.8 Å². The molecular formula is C15H14N4O3. The second-order valence-corrected chi connectivity index (χ2v) is 4.75. The second kappa shape index (κ2) is 5.72. The number of benzene rings is 2. The van der Waals surface area contributed by atoms with E-state index in [2.05, 4.69) is 15.3 Å². The predicted molar refractivity (Wildman–Crippen MR) is 83.1 cm³/mol. The molecule has 0 saturated heterocycles. The number of nitrogens with one attached hydrogen (secondary N) is 2. The van der Waals surface area contributed by atoms with Gasteiger partial charge in [-0.2, -0.15) is 0 Å². The SMILES string of the molecule is COc1ccc(CNc2nc3ccc([N+](=O)[O-])cc3[nH]2)cc1. The lowest BCUT2D eigenvalue weighted by Gasteiger charge is -2.04. The number of aromatic nitrogens is 2. The van der Waals surface area contributed by atoms with E-state index in [1.54, 1.807) is 13.2 Å². The number of rotatable bonds is 5. The van der Waals surface area contributed by atoms with Crippen LogP contribution in [0.4, 0.5) is 11.6 Å². The Morgan fingerprint density at radius 1 is 1.27 bits per heavy atom. The highest BCUT2D eigenvalue weighted by Crippen LogP contribution is 2.21. The molecule has 0 amide bonds. The first-order chi connectivity index (χ1) is 10.7. The maximum Gasteiger partial charge on any atom is 0.271 e. The number of nitro groups is 1. The Bertz CT molecular complexity index is 811. The minimum atomic E-state index is -0.426. The first-order valence-corrected chi connectivity index (χ1v) is 6.66. The average Bonchev–Trinajstić information content (AvgIpc) is 2.95. The molecule has 0 unspecified atom stereocenters. The van der Waals surface area contributed by atoms with E-state index in [1.807, 2.05) is 24.3 Å². The number of ether oxygens (including phenoxy) is 1. The number of aromatic amines is 1. The summed E-state index contributed by atoms with van der Waals surface area (Å²) in [5.74, 6) is 1.38. The Kier molecular flexibility index (Phi) is 3.61. The summed E-state index contributed by atoms with van der Waals surface area (Å²) in [5.41, 5.74) is 2.43. The van der Waals surface area contributed by atoms with Gasteiger partial charge in [0.15, 0.2) is 0 Å². The van der Waals surface area contributed by atoms with Crippen molar-refractivity contribution < 1.29 is 9.66 Å². The smallest absolute Gasteiger partial charge is 0.271 e. The number of methoxy groups -OCH3 is 1. The topological polar surface area (TPSA) is 93.1 Å². The molecule has 0 atom stereocenters. The van der Waals surface area contributed by atoms with Crippen molar-refractivity contribution >= 4 is 22.7 Å². The fraction of sp³-hybridized carbons (Fsp3) is 0.133. The maximum absolute atomic E-state index is 10.8. The number of nitrogens with zero attached hydrogens (tertiary/aromatic N) is 2. The average molecular weight is 298 g/mol. The molecule has 0 aliphatic heterocycles. The van der Waals surface area contributed by atoms with Crippen LogP contribution in [0.1, 0.15) is 5.56 Å². The van der Waals surface area contributed by atoms with Gasteiger partial charge in [0.05, 0.1) is 23.1 Å². The molecule has 0 aliphatic carbocycles. The minimum absolute atomic E-state index is 0.0397. The van der Waals surface area contributed by atoms with Gasteiger partial charge in [0.25, 0.3) is 5.69 Å². The Balaban J connectivity index is 1.74. The number of H-pyrrole nitrogens is 1.